The summed E-state index contributed by atoms with van der Waals surface area (Å²) in [5.74, 6) is 0.314. The summed E-state index contributed by atoms with van der Waals surface area (Å²) >= 11 is 0. The molecule has 358 valence electrons. The van der Waals surface area contributed by atoms with Crippen LogP contribution in [-0.4, -0.2) is 126 Å². The summed E-state index contributed by atoms with van der Waals surface area (Å²) in [5.41, 5.74) is 3.59. The monoisotopic (exact) mass is 938 g/mol. The highest BCUT2D eigenvalue weighted by Gasteiger charge is 2.56. The van der Waals surface area contributed by atoms with Gasteiger partial charge in [-0.2, -0.15) is 0 Å². The number of rotatable bonds is 15. The molecular weight excluding hydrogens is 884 g/mol. The Kier molecular flexibility index (Phi) is 12.8. The lowest BCUT2D eigenvalue weighted by molar-refractivity contribution is -0.137. The van der Waals surface area contributed by atoms with Crippen LogP contribution in [-0.2, 0) is 25.7 Å². The number of amides is 5. The van der Waals surface area contributed by atoms with E-state index in [1.807, 2.05) is 18.2 Å². The van der Waals surface area contributed by atoms with Crippen LogP contribution in [0, 0.1) is 17.2 Å². The fraction of sp³-hybridized carbons (Fsp3) is 0.392. The molecule has 0 bridgehead atoms. The van der Waals surface area contributed by atoms with Crippen molar-refractivity contribution in [3.05, 3.63) is 102 Å². The number of hydrogen-bond acceptors (Lipinski definition) is 13. The van der Waals surface area contributed by atoms with Crippen LogP contribution in [0.4, 0.5) is 27.1 Å². The molecule has 1 atom stereocenters. The van der Waals surface area contributed by atoms with Gasteiger partial charge in [0, 0.05) is 100 Å². The van der Waals surface area contributed by atoms with Gasteiger partial charge in [0.2, 0.25) is 23.6 Å². The molecule has 4 aliphatic heterocycles. The third kappa shape index (κ3) is 9.90. The summed E-state index contributed by atoms with van der Waals surface area (Å²) in [6, 6.07) is 19.6. The zero-order valence-electron chi connectivity index (χ0n) is 38.5. The van der Waals surface area contributed by atoms with E-state index in [9.17, 15) is 28.4 Å². The van der Waals surface area contributed by atoms with E-state index in [0.717, 1.165) is 105 Å². The van der Waals surface area contributed by atoms with Gasteiger partial charge >= 0.3 is 0 Å². The number of imide groups is 1. The Balaban J connectivity index is 0.669. The number of piperazine rings is 1. The van der Waals surface area contributed by atoms with E-state index < -0.39 is 35.0 Å². The average molecular weight is 939 g/mol. The number of nitrogens with zero attached hydrogens (tertiary/aromatic N) is 6. The molecule has 3 aromatic carbocycles. The fourth-order valence-electron chi connectivity index (χ4n) is 9.90. The quantitative estimate of drug-likeness (QED) is 0.0747. The van der Waals surface area contributed by atoms with E-state index in [0.29, 0.717) is 60.3 Å². The number of aromatic nitrogens is 2. The van der Waals surface area contributed by atoms with Crippen LogP contribution < -0.4 is 35.6 Å². The van der Waals surface area contributed by atoms with Crippen LogP contribution in [0.2, 0.25) is 0 Å². The molecule has 1 aliphatic carbocycles. The van der Waals surface area contributed by atoms with Crippen LogP contribution in [0.3, 0.4) is 0 Å². The van der Waals surface area contributed by atoms with Gasteiger partial charge in [-0.1, -0.05) is 0 Å². The zero-order chi connectivity index (χ0) is 47.6. The summed E-state index contributed by atoms with van der Waals surface area (Å²) in [4.78, 5) is 81.4. The van der Waals surface area contributed by atoms with Crippen molar-refractivity contribution < 1.29 is 37.8 Å². The van der Waals surface area contributed by atoms with Gasteiger partial charge in [0.15, 0.2) is 0 Å². The van der Waals surface area contributed by atoms with E-state index in [1.165, 1.54) is 29.2 Å². The minimum absolute atomic E-state index is 0.219. The number of fused-ring (bicyclic) bond motifs is 2. The van der Waals surface area contributed by atoms with Crippen molar-refractivity contribution in [2.24, 2.45) is 11.3 Å². The van der Waals surface area contributed by atoms with Crippen molar-refractivity contribution in [2.45, 2.75) is 51.1 Å². The Hall–Kier alpha value is -7.18. The maximum absolute atomic E-state index is 13.3. The number of methoxy groups -OCH3 is 1. The first-order valence-corrected chi connectivity index (χ1v) is 23.7. The normalized spacial score (nSPS) is 19.5. The Morgan fingerprint density at radius 3 is 2.19 bits per heavy atom. The second-order valence-corrected chi connectivity index (χ2v) is 18.6. The number of piperidine rings is 2. The second kappa shape index (κ2) is 19.4. The summed E-state index contributed by atoms with van der Waals surface area (Å²) < 4.78 is 25.6. The highest BCUT2D eigenvalue weighted by molar-refractivity contribution is 6.17. The minimum Gasteiger partial charge on any atom is -0.495 e. The molecule has 69 heavy (non-hydrogen) atoms. The number of ether oxygens (including phenoxy) is 2. The minimum atomic E-state index is -1.17. The summed E-state index contributed by atoms with van der Waals surface area (Å²) in [6.07, 6.45) is 6.96. The lowest BCUT2D eigenvalue weighted by atomic mass is 9.95. The number of carbonyl (C=O) groups is 5. The first-order chi connectivity index (χ1) is 33.5. The van der Waals surface area contributed by atoms with Gasteiger partial charge in [0.05, 0.1) is 30.2 Å². The highest BCUT2D eigenvalue weighted by atomic mass is 19.1. The smallest absolute Gasteiger partial charge is 0.273 e. The lowest BCUT2D eigenvalue weighted by Gasteiger charge is -2.39. The molecule has 0 spiro atoms. The Morgan fingerprint density at radius 2 is 1.51 bits per heavy atom. The van der Waals surface area contributed by atoms with Crippen molar-refractivity contribution in [1.29, 1.82) is 0 Å². The van der Waals surface area contributed by atoms with Crippen molar-refractivity contribution >= 4 is 63.2 Å². The van der Waals surface area contributed by atoms with Gasteiger partial charge in [-0.25, -0.2) is 9.37 Å². The zero-order valence-corrected chi connectivity index (χ0v) is 38.5. The van der Waals surface area contributed by atoms with Gasteiger partial charge < -0.3 is 40.1 Å². The third-order valence-corrected chi connectivity index (χ3v) is 14.1. The van der Waals surface area contributed by atoms with Crippen LogP contribution in [0.1, 0.15) is 54.6 Å². The van der Waals surface area contributed by atoms with Gasteiger partial charge in [0.1, 0.15) is 40.2 Å². The maximum atomic E-state index is 13.3. The van der Waals surface area contributed by atoms with E-state index >= 15 is 0 Å². The molecule has 6 heterocycles. The van der Waals surface area contributed by atoms with E-state index in [1.54, 1.807) is 43.8 Å². The van der Waals surface area contributed by atoms with Crippen LogP contribution in [0.15, 0.2) is 85.2 Å². The maximum Gasteiger partial charge on any atom is 0.273 e. The predicted molar refractivity (Wildman–Crippen MR) is 257 cm³/mol. The molecule has 5 aromatic rings. The Labute approximate surface area is 398 Å². The average Bonchev–Trinajstić information content (AvgIpc) is 4.12. The molecule has 17 nitrogen and oxygen atoms in total. The van der Waals surface area contributed by atoms with Gasteiger partial charge in [-0.3, -0.25) is 39.2 Å². The molecule has 0 radical (unpaired) electrons. The molecule has 10 rings (SSSR count). The molecule has 18 heteroatoms. The first-order valence-electron chi connectivity index (χ1n) is 23.7. The number of halogens is 1. The SMILES string of the molecule is COc1cc2c(Oc3ccc(NC(=O)C4(C(=O)Nc5ccc(F)cc5)CC4)cc3)ccnc2cc1N1CCC(CN2CCN(CCNc3cnc4c(c3)CN(C3CCC(=O)NC3=O)C4=O)CC2)CC1. The summed E-state index contributed by atoms with van der Waals surface area (Å²) in [6.45, 7) is 8.89. The Bertz CT molecular complexity index is 2770. The standard InChI is InChI=1S/C51H55FN10O7/c1-68-44-27-39-40(54-17-12-43(39)69-38-8-6-36(7-9-38)57-50(67)51(15-16-51)49(66)56-35-4-2-34(52)3-5-35)28-42(44)61-19-13-32(14-20-61)30-60-24-22-59(23-25-60)21-18-53-37-26-33-31-62(48(65)46(33)55-29-37)41-10-11-45(63)58-47(41)64/h2-9,12,17,26-29,32,41,53H,10-11,13-16,18-25,30-31H2,1H3,(H,56,66)(H,57,67)(H,58,63,64). The number of carbonyl (C=O) groups excluding carboxylic acids is 5. The lowest BCUT2D eigenvalue weighted by Crippen LogP contribution is -2.52. The topological polar surface area (TPSA) is 191 Å². The van der Waals surface area contributed by atoms with Crippen molar-refractivity contribution in [3.63, 3.8) is 0 Å². The Morgan fingerprint density at radius 1 is 0.812 bits per heavy atom. The molecule has 5 aliphatic rings. The van der Waals surface area contributed by atoms with E-state index in [2.05, 4.69) is 47.0 Å². The number of pyridine rings is 2. The highest BCUT2D eigenvalue weighted by Crippen LogP contribution is 2.48. The largest absolute Gasteiger partial charge is 0.495 e. The van der Waals surface area contributed by atoms with Crippen molar-refractivity contribution in [2.75, 3.05) is 86.9 Å². The van der Waals surface area contributed by atoms with Gasteiger partial charge in [-0.05, 0) is 111 Å². The molecule has 2 aromatic heterocycles. The number of nitrogens with one attached hydrogen (secondary N) is 4. The number of anilines is 4. The molecule has 1 unspecified atom stereocenters. The first kappa shape index (κ1) is 45.6. The van der Waals surface area contributed by atoms with Crippen molar-refractivity contribution in [3.8, 4) is 17.2 Å². The van der Waals surface area contributed by atoms with Crippen LogP contribution >= 0.6 is 0 Å². The van der Waals surface area contributed by atoms with Gasteiger partial charge in [-0.15, -0.1) is 0 Å². The summed E-state index contributed by atoms with van der Waals surface area (Å²) in [5, 5.41) is 12.2. The summed E-state index contributed by atoms with van der Waals surface area (Å²) in [7, 11) is 1.68. The second-order valence-electron chi connectivity index (χ2n) is 18.6. The van der Waals surface area contributed by atoms with Crippen LogP contribution in [0.5, 0.6) is 17.2 Å². The molecular formula is C51H55FN10O7. The number of hydrogen-bond donors (Lipinski definition) is 4. The van der Waals surface area contributed by atoms with Gasteiger partial charge in [0.25, 0.3) is 5.91 Å². The van der Waals surface area contributed by atoms with E-state index in [4.69, 9.17) is 14.5 Å². The molecule has 4 N–H and O–H groups in total. The third-order valence-electron chi connectivity index (χ3n) is 14.1. The molecule has 5 amide bonds. The molecule has 1 saturated carbocycles. The van der Waals surface area contributed by atoms with Crippen LogP contribution in [0.25, 0.3) is 10.9 Å². The fourth-order valence-corrected chi connectivity index (χ4v) is 9.90. The number of benzene rings is 3. The molecule has 4 fully saturated rings. The predicted octanol–water partition coefficient (Wildman–Crippen LogP) is 5.63. The van der Waals surface area contributed by atoms with E-state index in [-0.39, 0.29) is 18.2 Å². The molecule has 3 saturated heterocycles. The van der Waals surface area contributed by atoms with Crippen molar-refractivity contribution in [1.82, 2.24) is 30.0 Å².